The molecule has 8 aromatic rings. The summed E-state index contributed by atoms with van der Waals surface area (Å²) in [5, 5.41) is 14.5. The summed E-state index contributed by atoms with van der Waals surface area (Å²) < 4.78 is 18.3. The topological polar surface area (TPSA) is 231 Å². The first-order chi connectivity index (χ1) is 59.0. The maximum absolute atomic E-state index is 12.5. The van der Waals surface area contributed by atoms with Crippen LogP contribution in [0.25, 0.3) is 31.2 Å². The highest BCUT2D eigenvalue weighted by Crippen LogP contribution is 2.40. The van der Waals surface area contributed by atoms with Crippen LogP contribution in [-0.4, -0.2) is 274 Å². The van der Waals surface area contributed by atoms with E-state index in [1.807, 2.05) is 0 Å². The van der Waals surface area contributed by atoms with Gasteiger partial charge < -0.3 is 72.9 Å². The highest BCUT2D eigenvalue weighted by molar-refractivity contribution is 5.89. The molecular formula is C93H110N22O6. The predicted octanol–water partition coefficient (Wildman–Crippen LogP) is 9.28. The Morgan fingerprint density at radius 1 is 0.521 bits per heavy atom. The van der Waals surface area contributed by atoms with Crippen LogP contribution in [0.5, 0.6) is 17.8 Å². The second kappa shape index (κ2) is 37.5. The summed E-state index contributed by atoms with van der Waals surface area (Å²) in [5.41, 5.74) is 11.6. The molecule has 0 radical (unpaired) electrons. The Morgan fingerprint density at radius 3 is 1.55 bits per heavy atom. The average Bonchev–Trinajstić information content (AvgIpc) is 1.67. The van der Waals surface area contributed by atoms with Gasteiger partial charge in [0.2, 0.25) is 36.8 Å². The van der Waals surface area contributed by atoms with Gasteiger partial charge in [0.15, 0.2) is 0 Å². The SMILES string of the molecule is C=CC(=O)N1CCN(c2nc(N3CC(N(C)C)C3)nc3c2CN(Cc2cccc4ccccc24)C3)C[C@@H]1CC#N.[C-]#[N+]C[C@H]1CN(c2nc(OC[C@@H]3CCCN3C)nc3c2CN(Cc2ccc4ccccc4c2)C3)CCN1C(=O)C=C.[C-]#[N+]C[C@H]1CN(c2nc(OC[C@@H]3CCCN3C)nc3c2CN(Cc2cccc4c2CCO4)C3)CCN1C(=O)C=C. The van der Waals surface area contributed by atoms with Crippen LogP contribution < -0.4 is 33.8 Å². The molecule has 5 atom stereocenters. The lowest BCUT2D eigenvalue weighted by Gasteiger charge is -2.44. The zero-order valence-electron chi connectivity index (χ0n) is 70.3. The third-order valence-corrected chi connectivity index (χ3v) is 25.8. The molecule has 6 saturated heterocycles. The Bertz CT molecular complexity index is 5300. The van der Waals surface area contributed by atoms with Crippen LogP contribution in [0, 0.1) is 24.5 Å². The van der Waals surface area contributed by atoms with Gasteiger partial charge in [-0.2, -0.15) is 30.2 Å². The number of fused-ring (bicyclic) bond motifs is 6. The van der Waals surface area contributed by atoms with Gasteiger partial charge in [0.05, 0.1) is 42.2 Å². The van der Waals surface area contributed by atoms with Crippen LogP contribution >= 0.6 is 0 Å². The molecule has 0 spiro atoms. The van der Waals surface area contributed by atoms with Gasteiger partial charge in [0.25, 0.3) is 0 Å². The van der Waals surface area contributed by atoms with E-state index in [1.165, 1.54) is 74.9 Å². The molecule has 28 heteroatoms. The largest absolute Gasteiger partial charge is 0.493 e. The second-order valence-corrected chi connectivity index (χ2v) is 33.8. The fraction of sp³-hybridized carbons (Fsp3) is 0.462. The monoisotopic (exact) mass is 1630 g/mol. The Morgan fingerprint density at radius 2 is 1.01 bits per heavy atom. The molecule has 10 aliphatic rings. The molecule has 6 fully saturated rings. The summed E-state index contributed by atoms with van der Waals surface area (Å²) in [6.45, 7) is 44.3. The number of rotatable bonds is 23. The number of aromatic nitrogens is 6. The molecule has 10 aliphatic heterocycles. The maximum atomic E-state index is 12.5. The Hall–Kier alpha value is -11.7. The first-order valence-corrected chi connectivity index (χ1v) is 42.7. The van der Waals surface area contributed by atoms with Crippen LogP contribution in [0.4, 0.5) is 23.4 Å². The van der Waals surface area contributed by atoms with E-state index in [0.29, 0.717) is 102 Å². The van der Waals surface area contributed by atoms with Gasteiger partial charge in [-0.15, -0.1) is 0 Å². The Kier molecular flexibility index (Phi) is 25.7. The lowest BCUT2D eigenvalue weighted by molar-refractivity contribution is -0.129. The number of carbonyl (C=O) groups is 3. The van der Waals surface area contributed by atoms with Crippen molar-refractivity contribution in [3.8, 4) is 23.8 Å². The zero-order valence-corrected chi connectivity index (χ0v) is 70.3. The molecule has 13 heterocycles. The van der Waals surface area contributed by atoms with Crippen molar-refractivity contribution in [2.24, 2.45) is 0 Å². The van der Waals surface area contributed by atoms with E-state index in [2.05, 4.69) is 216 Å². The number of piperazine rings is 3. The zero-order chi connectivity index (χ0) is 83.8. The van der Waals surface area contributed by atoms with Crippen LogP contribution in [0.3, 0.4) is 0 Å². The van der Waals surface area contributed by atoms with Crippen molar-refractivity contribution in [2.75, 3.05) is 166 Å². The molecule has 5 aromatic carbocycles. The molecule has 0 aliphatic carbocycles. The summed E-state index contributed by atoms with van der Waals surface area (Å²) in [4.78, 5) is 103. The molecule has 0 saturated carbocycles. The highest BCUT2D eigenvalue weighted by atomic mass is 16.5. The van der Waals surface area contributed by atoms with Crippen molar-refractivity contribution in [3.05, 3.63) is 220 Å². The van der Waals surface area contributed by atoms with Gasteiger partial charge in [0.1, 0.15) is 48.5 Å². The molecule has 3 amide bonds. The highest BCUT2D eigenvalue weighted by Gasteiger charge is 2.41. The lowest BCUT2D eigenvalue weighted by atomic mass is 10.0. The average molecular weight is 1630 g/mol. The van der Waals surface area contributed by atoms with E-state index >= 15 is 0 Å². The van der Waals surface area contributed by atoms with E-state index in [4.69, 9.17) is 57.3 Å². The number of hydrogen-bond acceptors (Lipinski definition) is 23. The minimum atomic E-state index is -0.219. The van der Waals surface area contributed by atoms with Gasteiger partial charge in [0, 0.05) is 178 Å². The first-order valence-electron chi connectivity index (χ1n) is 42.7. The number of nitrogens with zero attached hydrogens (tertiary/aromatic N) is 22. The summed E-state index contributed by atoms with van der Waals surface area (Å²) in [6.07, 6.45) is 9.84. The van der Waals surface area contributed by atoms with Crippen molar-refractivity contribution in [2.45, 2.75) is 134 Å². The minimum Gasteiger partial charge on any atom is -0.493 e. The van der Waals surface area contributed by atoms with Crippen molar-refractivity contribution >= 4 is 62.7 Å². The van der Waals surface area contributed by atoms with Crippen LogP contribution in [0.1, 0.15) is 88.1 Å². The predicted molar refractivity (Wildman–Crippen MR) is 467 cm³/mol. The molecule has 628 valence electrons. The number of hydrogen-bond donors (Lipinski definition) is 0. The summed E-state index contributed by atoms with van der Waals surface area (Å²) in [6, 6.07) is 40.2. The van der Waals surface area contributed by atoms with Gasteiger partial charge in [-0.05, 0) is 136 Å². The first kappa shape index (κ1) is 83.0. The molecule has 3 aromatic heterocycles. The molecule has 28 nitrogen and oxygen atoms in total. The van der Waals surface area contributed by atoms with Crippen LogP contribution in [-0.2, 0) is 79.7 Å². The van der Waals surface area contributed by atoms with Gasteiger partial charge in [-0.1, -0.05) is 111 Å². The minimum absolute atomic E-state index is 0.120. The summed E-state index contributed by atoms with van der Waals surface area (Å²) in [7, 11) is 8.51. The fourth-order valence-corrected chi connectivity index (χ4v) is 19.0. The van der Waals surface area contributed by atoms with Crippen LogP contribution in [0.15, 0.2) is 141 Å². The second-order valence-electron chi connectivity index (χ2n) is 33.8. The van der Waals surface area contributed by atoms with E-state index in [-0.39, 0.29) is 55.4 Å². The smallest absolute Gasteiger partial charge is 0.318 e. The molecule has 18 rings (SSSR count). The van der Waals surface area contributed by atoms with Gasteiger partial charge in [-0.25, -0.2) is 18.1 Å². The van der Waals surface area contributed by atoms with Gasteiger partial charge in [-0.3, -0.25) is 29.1 Å². The number of anilines is 4. The number of carbonyl (C=O) groups excluding carboxylic acids is 3. The molecule has 0 bridgehead atoms. The van der Waals surface area contributed by atoms with Gasteiger partial charge >= 0.3 is 12.0 Å². The standard InChI is InChI=1S/C32H37N7O2.C31H36N8O.C30H37N7O3/c1-4-30(40)39-15-14-38(19-27(39)17-33-2)31-28-20-37(18-23-11-12-24-8-5-6-9-25(24)16-23)21-29(28)34-32(35-31)41-22-26-10-7-13-36(26)3;1-4-29(40)39-15-14-37(17-24(39)12-13-32)30-27-20-36(16-23-10-7-9-22-8-5-6-11-26(22)23)21-28(27)33-31(34-30)38-18-25(19-38)35(2)3;1-4-28(38)37-13-12-36(17-23(37)15-31-2)29-25-18-35(16-21-7-5-9-27-24(21)10-14-39-27)19-26(25)32-30(33-29)40-20-22-8-6-11-34(22)3/h4-6,8-9,11-12,16,26-27H,1,7,10,13-15,17-22H2,3H3;4-11,24-25H,1,12,14-21H2,2-3H3;4-5,7,9,22-23H,1,6,8,10-20H2,3H3/t26-,27-;24-;22-,23-/m000/s1. The van der Waals surface area contributed by atoms with E-state index < -0.39 is 0 Å². The number of likely N-dealkylation sites (tertiary alicyclic amines) is 2. The molecule has 0 N–H and O–H groups in total. The number of ether oxygens (including phenoxy) is 3. The maximum Gasteiger partial charge on any atom is 0.318 e. The third-order valence-electron chi connectivity index (χ3n) is 25.8. The molecular weight excluding hydrogens is 1520 g/mol. The lowest BCUT2D eigenvalue weighted by Crippen LogP contribution is -2.58. The van der Waals surface area contributed by atoms with E-state index in [0.717, 1.165) is 174 Å². The van der Waals surface area contributed by atoms with Crippen molar-refractivity contribution < 1.29 is 28.6 Å². The van der Waals surface area contributed by atoms with Crippen molar-refractivity contribution in [3.63, 3.8) is 0 Å². The number of benzene rings is 5. The Labute approximate surface area is 710 Å². The summed E-state index contributed by atoms with van der Waals surface area (Å²) in [5.74, 6) is 4.08. The fourth-order valence-electron chi connectivity index (χ4n) is 19.0. The number of likely N-dealkylation sites (N-methyl/N-ethyl adjacent to an activating group) is 3. The molecule has 0 unspecified atom stereocenters. The normalized spacial score (nSPS) is 21.1. The number of amides is 3. The quantitative estimate of drug-likeness (QED) is 0.0429. The van der Waals surface area contributed by atoms with Crippen molar-refractivity contribution in [1.29, 1.82) is 5.26 Å². The van der Waals surface area contributed by atoms with E-state index in [1.54, 1.807) is 14.7 Å². The number of nitriles is 1. The Balaban J connectivity index is 0.000000135. The van der Waals surface area contributed by atoms with Crippen molar-refractivity contribution in [1.82, 2.24) is 74.0 Å². The third kappa shape index (κ3) is 18.5. The molecule has 121 heavy (non-hydrogen) atoms. The van der Waals surface area contributed by atoms with Crippen LogP contribution in [0.2, 0.25) is 0 Å². The summed E-state index contributed by atoms with van der Waals surface area (Å²) >= 11 is 0. The van der Waals surface area contributed by atoms with E-state index in [9.17, 15) is 19.6 Å².